The molecule has 2 atom stereocenters. The maximum atomic E-state index is 11.7. The smallest absolute Gasteiger partial charge is 0.311 e. The molecule has 2 nitrogen and oxygen atoms in total. The molecule has 0 aromatic heterocycles. The van der Waals surface area contributed by atoms with E-state index in [1.54, 1.807) is 0 Å². The second-order valence-corrected chi connectivity index (χ2v) is 7.22. The Balaban J connectivity index is 1.88. The standard InChI is InChI=1S/C22H32O2/c1-4-6-7-22(23)24-21-14-12-20(13-15-21)19-10-8-18(9-11-19)16-17(3)5-2/h10,12-15,17-18H,4-9,11,16H2,1-3H3. The first-order valence-electron chi connectivity index (χ1n) is 9.62. The molecule has 1 aliphatic carbocycles. The Labute approximate surface area is 147 Å². The van der Waals surface area contributed by atoms with Crippen LogP contribution in [-0.2, 0) is 4.79 Å². The maximum absolute atomic E-state index is 11.7. The van der Waals surface area contributed by atoms with E-state index in [1.165, 1.54) is 36.8 Å². The molecule has 0 amide bonds. The highest BCUT2D eigenvalue weighted by Gasteiger charge is 2.17. The fraction of sp³-hybridized carbons (Fsp3) is 0.591. The second-order valence-electron chi connectivity index (χ2n) is 7.22. The Morgan fingerprint density at radius 3 is 2.58 bits per heavy atom. The molecule has 0 saturated heterocycles. The predicted molar refractivity (Wildman–Crippen MR) is 101 cm³/mol. The molecule has 0 bridgehead atoms. The average molecular weight is 328 g/mol. The first kappa shape index (κ1) is 18.8. The summed E-state index contributed by atoms with van der Waals surface area (Å²) in [5.74, 6) is 2.22. The van der Waals surface area contributed by atoms with Gasteiger partial charge in [-0.25, -0.2) is 0 Å². The van der Waals surface area contributed by atoms with Crippen LogP contribution in [0.5, 0.6) is 5.75 Å². The van der Waals surface area contributed by atoms with E-state index in [1.807, 2.05) is 12.1 Å². The Morgan fingerprint density at radius 2 is 2.00 bits per heavy atom. The molecule has 0 heterocycles. The predicted octanol–water partition coefficient (Wildman–Crippen LogP) is 6.40. The SMILES string of the molecule is CCCCC(=O)Oc1ccc(C2=CCC(CC(C)CC)CC2)cc1. The summed E-state index contributed by atoms with van der Waals surface area (Å²) in [6.45, 7) is 6.72. The van der Waals surface area contributed by atoms with Gasteiger partial charge in [0.25, 0.3) is 0 Å². The van der Waals surface area contributed by atoms with E-state index in [9.17, 15) is 4.79 Å². The van der Waals surface area contributed by atoms with Gasteiger partial charge in [-0.3, -0.25) is 4.79 Å². The molecule has 0 saturated carbocycles. The number of ether oxygens (including phenoxy) is 1. The van der Waals surface area contributed by atoms with Crippen molar-refractivity contribution >= 4 is 11.5 Å². The maximum Gasteiger partial charge on any atom is 0.311 e. The summed E-state index contributed by atoms with van der Waals surface area (Å²) in [6.07, 6.45) is 11.1. The topological polar surface area (TPSA) is 26.3 Å². The monoisotopic (exact) mass is 328 g/mol. The molecule has 2 unspecified atom stereocenters. The summed E-state index contributed by atoms with van der Waals surface area (Å²) in [5, 5.41) is 0. The lowest BCUT2D eigenvalue weighted by Gasteiger charge is -2.24. The third kappa shape index (κ3) is 5.81. The van der Waals surface area contributed by atoms with Gasteiger partial charge in [-0.05, 0) is 67.2 Å². The van der Waals surface area contributed by atoms with Crippen LogP contribution in [0.3, 0.4) is 0 Å². The Bertz CT molecular complexity index is 542. The quantitative estimate of drug-likeness (QED) is 0.407. The molecule has 2 rings (SSSR count). The number of carbonyl (C=O) groups excluding carboxylic acids is 1. The zero-order chi connectivity index (χ0) is 17.4. The zero-order valence-corrected chi connectivity index (χ0v) is 15.5. The molecule has 24 heavy (non-hydrogen) atoms. The number of hydrogen-bond donors (Lipinski definition) is 0. The first-order valence-corrected chi connectivity index (χ1v) is 9.62. The Morgan fingerprint density at radius 1 is 1.25 bits per heavy atom. The van der Waals surface area contributed by atoms with Crippen LogP contribution in [0, 0.1) is 11.8 Å². The molecule has 1 aromatic carbocycles. The van der Waals surface area contributed by atoms with E-state index in [-0.39, 0.29) is 5.97 Å². The molecule has 1 aromatic rings. The highest BCUT2D eigenvalue weighted by Crippen LogP contribution is 2.34. The lowest BCUT2D eigenvalue weighted by molar-refractivity contribution is -0.134. The summed E-state index contributed by atoms with van der Waals surface area (Å²) < 4.78 is 5.37. The number of carbonyl (C=O) groups is 1. The van der Waals surface area contributed by atoms with Gasteiger partial charge < -0.3 is 4.74 Å². The van der Waals surface area contributed by atoms with E-state index in [2.05, 4.69) is 39.0 Å². The van der Waals surface area contributed by atoms with Crippen LogP contribution in [0.4, 0.5) is 0 Å². The molecular formula is C22H32O2. The number of hydrogen-bond acceptors (Lipinski definition) is 2. The van der Waals surface area contributed by atoms with Crippen LogP contribution >= 0.6 is 0 Å². The van der Waals surface area contributed by atoms with Gasteiger partial charge in [0, 0.05) is 6.42 Å². The number of benzene rings is 1. The minimum atomic E-state index is -0.130. The number of esters is 1. The minimum absolute atomic E-state index is 0.130. The van der Waals surface area contributed by atoms with Crippen LogP contribution in [0.15, 0.2) is 30.3 Å². The normalized spacial score (nSPS) is 18.8. The van der Waals surface area contributed by atoms with E-state index >= 15 is 0 Å². The fourth-order valence-corrected chi connectivity index (χ4v) is 3.34. The minimum Gasteiger partial charge on any atom is -0.427 e. The third-order valence-electron chi connectivity index (χ3n) is 5.14. The number of allylic oxidation sites excluding steroid dienone is 2. The van der Waals surface area contributed by atoms with Crippen molar-refractivity contribution in [3.8, 4) is 5.75 Å². The lowest BCUT2D eigenvalue weighted by Crippen LogP contribution is -2.09. The summed E-state index contributed by atoms with van der Waals surface area (Å²) >= 11 is 0. The summed E-state index contributed by atoms with van der Waals surface area (Å²) in [7, 11) is 0. The molecule has 0 spiro atoms. The van der Waals surface area contributed by atoms with Crippen LogP contribution in [-0.4, -0.2) is 5.97 Å². The van der Waals surface area contributed by atoms with Gasteiger partial charge in [0.1, 0.15) is 5.75 Å². The lowest BCUT2D eigenvalue weighted by atomic mass is 9.81. The van der Waals surface area contributed by atoms with Crippen molar-refractivity contribution in [2.75, 3.05) is 0 Å². The molecule has 0 aliphatic heterocycles. The van der Waals surface area contributed by atoms with Crippen LogP contribution in [0.1, 0.15) is 77.7 Å². The van der Waals surface area contributed by atoms with Crippen LogP contribution < -0.4 is 4.74 Å². The van der Waals surface area contributed by atoms with Crippen molar-refractivity contribution in [1.82, 2.24) is 0 Å². The Hall–Kier alpha value is -1.57. The van der Waals surface area contributed by atoms with Gasteiger partial charge in [0.15, 0.2) is 0 Å². The second kappa shape index (κ2) is 9.66. The van der Waals surface area contributed by atoms with Crippen molar-refractivity contribution in [3.63, 3.8) is 0 Å². The molecule has 1 aliphatic rings. The molecule has 2 heteroatoms. The van der Waals surface area contributed by atoms with Gasteiger partial charge >= 0.3 is 5.97 Å². The molecule has 0 N–H and O–H groups in total. The van der Waals surface area contributed by atoms with Gasteiger partial charge in [-0.15, -0.1) is 0 Å². The van der Waals surface area contributed by atoms with E-state index < -0.39 is 0 Å². The zero-order valence-electron chi connectivity index (χ0n) is 15.5. The van der Waals surface area contributed by atoms with Gasteiger partial charge in [-0.1, -0.05) is 51.8 Å². The van der Waals surface area contributed by atoms with Crippen molar-refractivity contribution < 1.29 is 9.53 Å². The van der Waals surface area contributed by atoms with Gasteiger partial charge in [0.05, 0.1) is 0 Å². The van der Waals surface area contributed by atoms with Crippen molar-refractivity contribution in [1.29, 1.82) is 0 Å². The van der Waals surface area contributed by atoms with Crippen molar-refractivity contribution in [2.24, 2.45) is 11.8 Å². The number of rotatable bonds is 8. The highest BCUT2D eigenvalue weighted by molar-refractivity contribution is 5.73. The van der Waals surface area contributed by atoms with Crippen LogP contribution in [0.25, 0.3) is 5.57 Å². The Kier molecular flexibility index (Phi) is 7.55. The van der Waals surface area contributed by atoms with E-state index in [0.29, 0.717) is 12.2 Å². The largest absolute Gasteiger partial charge is 0.427 e. The van der Waals surface area contributed by atoms with E-state index in [4.69, 9.17) is 4.74 Å². The van der Waals surface area contributed by atoms with Crippen molar-refractivity contribution in [3.05, 3.63) is 35.9 Å². The summed E-state index contributed by atoms with van der Waals surface area (Å²) in [6, 6.07) is 8.02. The molecular weight excluding hydrogens is 296 g/mol. The van der Waals surface area contributed by atoms with E-state index in [0.717, 1.165) is 31.1 Å². The fourth-order valence-electron chi connectivity index (χ4n) is 3.34. The number of unbranched alkanes of at least 4 members (excludes halogenated alkanes) is 1. The molecule has 0 fully saturated rings. The summed E-state index contributed by atoms with van der Waals surface area (Å²) in [4.78, 5) is 11.7. The highest BCUT2D eigenvalue weighted by atomic mass is 16.5. The molecule has 132 valence electrons. The molecule has 0 radical (unpaired) electrons. The van der Waals surface area contributed by atoms with Crippen molar-refractivity contribution in [2.45, 2.75) is 72.1 Å². The van der Waals surface area contributed by atoms with Crippen LogP contribution in [0.2, 0.25) is 0 Å². The van der Waals surface area contributed by atoms with Gasteiger partial charge in [0.2, 0.25) is 0 Å². The third-order valence-corrected chi connectivity index (χ3v) is 5.14. The summed E-state index contributed by atoms with van der Waals surface area (Å²) in [5.41, 5.74) is 2.71. The first-order chi connectivity index (χ1) is 11.6. The van der Waals surface area contributed by atoms with Gasteiger partial charge in [-0.2, -0.15) is 0 Å². The average Bonchev–Trinajstić information content (AvgIpc) is 2.61.